The maximum atomic E-state index is 4.85. The van der Waals surface area contributed by atoms with Gasteiger partial charge in [0.1, 0.15) is 5.82 Å². The van der Waals surface area contributed by atoms with E-state index in [4.69, 9.17) is 4.98 Å². The summed E-state index contributed by atoms with van der Waals surface area (Å²) >= 11 is 0. The fourth-order valence-corrected chi connectivity index (χ4v) is 3.97. The van der Waals surface area contributed by atoms with Crippen molar-refractivity contribution in [1.29, 1.82) is 0 Å². The van der Waals surface area contributed by atoms with Crippen LogP contribution in [0.5, 0.6) is 0 Å². The van der Waals surface area contributed by atoms with Crippen molar-refractivity contribution in [3.63, 3.8) is 0 Å². The number of aromatic nitrogens is 1. The van der Waals surface area contributed by atoms with Gasteiger partial charge >= 0.3 is 0 Å². The van der Waals surface area contributed by atoms with Crippen LogP contribution in [0.2, 0.25) is 0 Å². The van der Waals surface area contributed by atoms with E-state index in [2.05, 4.69) is 35.3 Å². The molecule has 0 unspecified atom stereocenters. The summed E-state index contributed by atoms with van der Waals surface area (Å²) < 4.78 is 0. The van der Waals surface area contributed by atoms with Gasteiger partial charge in [0.2, 0.25) is 0 Å². The van der Waals surface area contributed by atoms with E-state index in [1.807, 2.05) is 0 Å². The molecule has 1 aliphatic carbocycles. The summed E-state index contributed by atoms with van der Waals surface area (Å²) in [5.41, 5.74) is 1.86. The quantitative estimate of drug-likeness (QED) is 0.836. The Morgan fingerprint density at radius 3 is 2.62 bits per heavy atom. The molecule has 0 atom stereocenters. The molecule has 1 aliphatic heterocycles. The summed E-state index contributed by atoms with van der Waals surface area (Å²) in [5, 5.41) is 3.44. The third-order valence-corrected chi connectivity index (χ3v) is 5.34. The number of hydrogen-bond donors (Lipinski definition) is 1. The van der Waals surface area contributed by atoms with Crippen LogP contribution < -0.4 is 10.2 Å². The van der Waals surface area contributed by atoms with Gasteiger partial charge in [0, 0.05) is 19.6 Å². The molecule has 116 valence electrons. The first-order chi connectivity index (χ1) is 10.3. The number of rotatable bonds is 5. The maximum Gasteiger partial charge on any atom is 0.128 e. The summed E-state index contributed by atoms with van der Waals surface area (Å²) in [6.07, 6.45) is 9.76. The van der Waals surface area contributed by atoms with Crippen LogP contribution in [-0.4, -0.2) is 24.6 Å². The zero-order chi connectivity index (χ0) is 14.5. The Kier molecular flexibility index (Phi) is 4.79. The topological polar surface area (TPSA) is 28.2 Å². The molecular weight excluding hydrogens is 258 g/mol. The zero-order valence-electron chi connectivity index (χ0n) is 13.4. The van der Waals surface area contributed by atoms with Gasteiger partial charge in [0.05, 0.1) is 5.69 Å². The number of piperidine rings is 1. The molecule has 2 fully saturated rings. The van der Waals surface area contributed by atoms with Crippen LogP contribution in [0.1, 0.15) is 57.6 Å². The van der Waals surface area contributed by atoms with E-state index in [-0.39, 0.29) is 0 Å². The van der Waals surface area contributed by atoms with Gasteiger partial charge in [-0.05, 0) is 56.2 Å². The Balaban J connectivity index is 1.58. The second-order valence-electron chi connectivity index (χ2n) is 6.86. The predicted octanol–water partition coefficient (Wildman–Crippen LogP) is 3.74. The third kappa shape index (κ3) is 3.57. The predicted molar refractivity (Wildman–Crippen MR) is 88.6 cm³/mol. The minimum atomic E-state index is 0.691. The average Bonchev–Trinajstić information content (AvgIpc) is 2.97. The first-order valence-electron chi connectivity index (χ1n) is 8.73. The highest BCUT2D eigenvalue weighted by Crippen LogP contribution is 2.46. The van der Waals surface area contributed by atoms with E-state index in [1.165, 1.54) is 69.5 Å². The molecule has 1 saturated carbocycles. The highest BCUT2D eigenvalue weighted by Gasteiger charge is 2.37. The number of pyridine rings is 1. The van der Waals surface area contributed by atoms with Crippen LogP contribution >= 0.6 is 0 Å². The highest BCUT2D eigenvalue weighted by molar-refractivity contribution is 5.40. The Morgan fingerprint density at radius 2 is 1.90 bits per heavy atom. The molecule has 0 aromatic carbocycles. The number of nitrogens with one attached hydrogen (secondary N) is 1. The first kappa shape index (κ1) is 14.8. The van der Waals surface area contributed by atoms with E-state index < -0.39 is 0 Å². The summed E-state index contributed by atoms with van der Waals surface area (Å²) in [6, 6.07) is 6.47. The summed E-state index contributed by atoms with van der Waals surface area (Å²) in [7, 11) is 0. The maximum absolute atomic E-state index is 4.85. The van der Waals surface area contributed by atoms with Gasteiger partial charge in [-0.3, -0.25) is 0 Å². The summed E-state index contributed by atoms with van der Waals surface area (Å²) in [5.74, 6) is 1.18. The van der Waals surface area contributed by atoms with Gasteiger partial charge in [0.15, 0.2) is 0 Å². The van der Waals surface area contributed by atoms with E-state index >= 15 is 0 Å². The Hall–Kier alpha value is -1.09. The standard InChI is InChI=1S/C18H29N3/c1-2-12-19-15-16-6-5-7-17(20-16)21-13-10-18(11-14-21)8-3-4-9-18/h5-7,19H,2-4,8-15H2,1H3. The fourth-order valence-electron chi connectivity index (χ4n) is 3.97. The van der Waals surface area contributed by atoms with Crippen LogP contribution in [0.25, 0.3) is 0 Å². The van der Waals surface area contributed by atoms with Crippen LogP contribution in [0.4, 0.5) is 5.82 Å². The van der Waals surface area contributed by atoms with Crippen LogP contribution in [-0.2, 0) is 6.54 Å². The van der Waals surface area contributed by atoms with E-state index in [0.29, 0.717) is 5.41 Å². The molecular formula is C18H29N3. The minimum Gasteiger partial charge on any atom is -0.357 e. The summed E-state index contributed by atoms with van der Waals surface area (Å²) in [4.78, 5) is 7.34. The van der Waals surface area contributed by atoms with E-state index in [9.17, 15) is 0 Å². The third-order valence-electron chi connectivity index (χ3n) is 5.34. The second kappa shape index (κ2) is 6.78. The van der Waals surface area contributed by atoms with Gasteiger partial charge in [-0.1, -0.05) is 25.8 Å². The Labute approximate surface area is 129 Å². The molecule has 3 heteroatoms. The Morgan fingerprint density at radius 1 is 1.14 bits per heavy atom. The van der Waals surface area contributed by atoms with E-state index in [1.54, 1.807) is 0 Å². The lowest BCUT2D eigenvalue weighted by Crippen LogP contribution is -2.39. The van der Waals surface area contributed by atoms with Gasteiger partial charge in [-0.2, -0.15) is 0 Å². The molecule has 3 nitrogen and oxygen atoms in total. The Bertz CT molecular complexity index is 442. The molecule has 1 aromatic heterocycles. The number of hydrogen-bond acceptors (Lipinski definition) is 3. The van der Waals surface area contributed by atoms with Gasteiger partial charge in [-0.15, -0.1) is 0 Å². The molecule has 3 rings (SSSR count). The van der Waals surface area contributed by atoms with Gasteiger partial charge in [-0.25, -0.2) is 4.98 Å². The van der Waals surface area contributed by atoms with Crippen molar-refractivity contribution in [1.82, 2.24) is 10.3 Å². The van der Waals surface area contributed by atoms with Crippen molar-refractivity contribution in [3.05, 3.63) is 23.9 Å². The smallest absolute Gasteiger partial charge is 0.128 e. The molecule has 21 heavy (non-hydrogen) atoms. The monoisotopic (exact) mass is 287 g/mol. The molecule has 0 amide bonds. The molecule has 2 aliphatic rings. The number of nitrogens with zero attached hydrogens (tertiary/aromatic N) is 2. The van der Waals surface area contributed by atoms with Gasteiger partial charge in [0.25, 0.3) is 0 Å². The van der Waals surface area contributed by atoms with Crippen molar-refractivity contribution < 1.29 is 0 Å². The van der Waals surface area contributed by atoms with Crippen LogP contribution in [0.15, 0.2) is 18.2 Å². The lowest BCUT2D eigenvalue weighted by atomic mass is 9.77. The number of anilines is 1. The van der Waals surface area contributed by atoms with Crippen molar-refractivity contribution in [2.24, 2.45) is 5.41 Å². The fraction of sp³-hybridized carbons (Fsp3) is 0.722. The molecule has 1 N–H and O–H groups in total. The molecule has 1 aromatic rings. The SMILES string of the molecule is CCCNCc1cccc(N2CCC3(CCCC3)CC2)n1. The molecule has 0 radical (unpaired) electrons. The molecule has 1 saturated heterocycles. The highest BCUT2D eigenvalue weighted by atomic mass is 15.2. The van der Waals surface area contributed by atoms with Crippen molar-refractivity contribution in [3.8, 4) is 0 Å². The molecule has 0 bridgehead atoms. The van der Waals surface area contributed by atoms with Crippen molar-refractivity contribution in [2.45, 2.75) is 58.4 Å². The lowest BCUT2D eigenvalue weighted by Gasteiger charge is -2.40. The first-order valence-corrected chi connectivity index (χ1v) is 8.73. The normalized spacial score (nSPS) is 21.1. The molecule has 2 heterocycles. The van der Waals surface area contributed by atoms with Crippen LogP contribution in [0.3, 0.4) is 0 Å². The van der Waals surface area contributed by atoms with Crippen molar-refractivity contribution in [2.75, 3.05) is 24.5 Å². The molecule has 1 spiro atoms. The second-order valence-corrected chi connectivity index (χ2v) is 6.86. The zero-order valence-corrected chi connectivity index (χ0v) is 13.4. The van der Waals surface area contributed by atoms with Crippen LogP contribution in [0, 0.1) is 5.41 Å². The largest absolute Gasteiger partial charge is 0.357 e. The minimum absolute atomic E-state index is 0.691. The lowest BCUT2D eigenvalue weighted by molar-refractivity contribution is 0.226. The summed E-state index contributed by atoms with van der Waals surface area (Å²) in [6.45, 7) is 6.54. The van der Waals surface area contributed by atoms with Gasteiger partial charge < -0.3 is 10.2 Å². The van der Waals surface area contributed by atoms with E-state index in [0.717, 1.165) is 13.1 Å². The average molecular weight is 287 g/mol. The van der Waals surface area contributed by atoms with Crippen molar-refractivity contribution >= 4 is 5.82 Å².